The molecular weight excluding hydrogens is 152 g/mol. The normalized spacial score (nSPS) is 55.4. The molecule has 0 aromatic carbocycles. The zero-order chi connectivity index (χ0) is 8.01. The monoisotopic (exact) mass is 162 g/mol. The third kappa shape index (κ3) is 0.896. The second-order valence-corrected chi connectivity index (χ2v) is 2.81. The Balaban J connectivity index is 2.03. The lowest BCUT2D eigenvalue weighted by Gasteiger charge is -2.51. The van der Waals surface area contributed by atoms with Crippen LogP contribution in [-0.4, -0.2) is 52.6 Å². The molecule has 0 aliphatic carbocycles. The summed E-state index contributed by atoms with van der Waals surface area (Å²) in [4.78, 5) is 0. The van der Waals surface area contributed by atoms with E-state index in [1.54, 1.807) is 0 Å². The fourth-order valence-corrected chi connectivity index (χ4v) is 1.39. The Labute approximate surface area is 63.2 Å². The van der Waals surface area contributed by atoms with Gasteiger partial charge in [-0.3, -0.25) is 0 Å². The summed E-state index contributed by atoms with van der Waals surface area (Å²) >= 11 is 0. The Hall–Kier alpha value is -0.200. The van der Waals surface area contributed by atoms with Crippen LogP contribution in [0, 0.1) is 0 Å². The largest absolute Gasteiger partial charge is 0.394 e. The third-order valence-electron chi connectivity index (χ3n) is 2.11. The van der Waals surface area contributed by atoms with Crippen LogP contribution in [0.15, 0.2) is 0 Å². The average molecular weight is 162 g/mol. The Morgan fingerprint density at radius 3 is 2.27 bits per heavy atom. The van der Waals surface area contributed by atoms with Crippen LogP contribution in [0.2, 0.25) is 0 Å². The van der Waals surface area contributed by atoms with E-state index in [0.29, 0.717) is 0 Å². The van der Waals surface area contributed by atoms with Gasteiger partial charge in [-0.15, -0.1) is 0 Å². The Morgan fingerprint density at radius 1 is 1.09 bits per heavy atom. The maximum Gasteiger partial charge on any atom is 0.187 e. The predicted octanol–water partition coefficient (Wildman–Crippen LogP) is -2.18. The molecule has 0 aromatic rings. The van der Waals surface area contributed by atoms with Gasteiger partial charge in [0.25, 0.3) is 0 Å². The molecule has 3 rings (SSSR count). The first-order chi connectivity index (χ1) is 5.24. The number of hydrogen-bond donors (Lipinski definition) is 3. The molecule has 3 N–H and O–H groups in total. The molecule has 0 radical (unpaired) electrons. The van der Waals surface area contributed by atoms with Gasteiger partial charge in [-0.05, 0) is 0 Å². The summed E-state index contributed by atoms with van der Waals surface area (Å²) in [6, 6.07) is 0. The standard InChI is InChI=1S/C6H10O5/c7-1-2-3(8)5-4(9)6(10-2)11-5/h2-9H,1H2/t2-,3-,4+,5+,6-/m1/s1. The molecular formula is C6H10O5. The van der Waals surface area contributed by atoms with E-state index in [2.05, 4.69) is 0 Å². The molecule has 0 aromatic heterocycles. The molecule has 0 spiro atoms. The van der Waals surface area contributed by atoms with Gasteiger partial charge in [-0.2, -0.15) is 0 Å². The van der Waals surface area contributed by atoms with Gasteiger partial charge in [0.05, 0.1) is 6.61 Å². The van der Waals surface area contributed by atoms with Crippen LogP contribution in [-0.2, 0) is 9.47 Å². The molecule has 3 aliphatic heterocycles. The van der Waals surface area contributed by atoms with Crippen molar-refractivity contribution in [3.05, 3.63) is 0 Å². The molecule has 0 saturated carbocycles. The molecule has 5 nitrogen and oxygen atoms in total. The lowest BCUT2D eigenvalue weighted by Crippen LogP contribution is -2.69. The number of ether oxygens (including phenoxy) is 2. The topological polar surface area (TPSA) is 79.2 Å². The van der Waals surface area contributed by atoms with Crippen LogP contribution in [0.4, 0.5) is 0 Å². The van der Waals surface area contributed by atoms with E-state index in [-0.39, 0.29) is 6.61 Å². The van der Waals surface area contributed by atoms with Crippen molar-refractivity contribution in [1.82, 2.24) is 0 Å². The smallest absolute Gasteiger partial charge is 0.187 e. The van der Waals surface area contributed by atoms with Crippen LogP contribution < -0.4 is 0 Å². The summed E-state index contributed by atoms with van der Waals surface area (Å²) in [5, 5.41) is 27.1. The summed E-state index contributed by atoms with van der Waals surface area (Å²) in [7, 11) is 0. The first kappa shape index (κ1) is 7.45. The van der Waals surface area contributed by atoms with Gasteiger partial charge >= 0.3 is 0 Å². The van der Waals surface area contributed by atoms with Crippen molar-refractivity contribution in [3.63, 3.8) is 0 Å². The molecule has 2 bridgehead atoms. The lowest BCUT2D eigenvalue weighted by atomic mass is 9.94. The second kappa shape index (κ2) is 2.40. The van der Waals surface area contributed by atoms with Crippen LogP contribution in [0.3, 0.4) is 0 Å². The van der Waals surface area contributed by atoms with E-state index < -0.39 is 30.7 Å². The van der Waals surface area contributed by atoms with Gasteiger partial charge in [-0.1, -0.05) is 0 Å². The van der Waals surface area contributed by atoms with Gasteiger partial charge in [0.1, 0.15) is 24.4 Å². The Kier molecular flexibility index (Phi) is 1.62. The highest BCUT2D eigenvalue weighted by Crippen LogP contribution is 2.33. The van der Waals surface area contributed by atoms with Crippen molar-refractivity contribution in [2.75, 3.05) is 6.61 Å². The first-order valence-corrected chi connectivity index (χ1v) is 3.52. The van der Waals surface area contributed by atoms with Gasteiger partial charge in [0.15, 0.2) is 6.29 Å². The summed E-state index contributed by atoms with van der Waals surface area (Å²) in [6.07, 6.45) is -3.50. The number of fused-ring (bicyclic) bond motifs is 2. The molecule has 64 valence electrons. The molecule has 3 fully saturated rings. The van der Waals surface area contributed by atoms with Gasteiger partial charge in [0, 0.05) is 0 Å². The minimum atomic E-state index is -0.917. The molecule has 5 atom stereocenters. The summed E-state index contributed by atoms with van der Waals surface area (Å²) in [6.45, 7) is -0.246. The lowest BCUT2D eigenvalue weighted by molar-refractivity contribution is -0.407. The molecule has 3 aliphatic rings. The van der Waals surface area contributed by atoms with E-state index in [9.17, 15) is 5.11 Å². The SMILES string of the molecule is OC[C@H]1O[C@@H]2O[C@H]([C@@H]2O)[C@@H]1O. The van der Waals surface area contributed by atoms with Crippen LogP contribution in [0.1, 0.15) is 0 Å². The molecule has 0 amide bonds. The van der Waals surface area contributed by atoms with Crippen molar-refractivity contribution in [2.24, 2.45) is 0 Å². The van der Waals surface area contributed by atoms with Crippen molar-refractivity contribution in [2.45, 2.75) is 30.7 Å². The van der Waals surface area contributed by atoms with E-state index in [4.69, 9.17) is 19.7 Å². The highest BCUT2D eigenvalue weighted by molar-refractivity contribution is 4.97. The van der Waals surface area contributed by atoms with Crippen LogP contribution >= 0.6 is 0 Å². The van der Waals surface area contributed by atoms with Gasteiger partial charge in [0.2, 0.25) is 0 Å². The van der Waals surface area contributed by atoms with E-state index in [0.717, 1.165) is 0 Å². The van der Waals surface area contributed by atoms with Crippen molar-refractivity contribution < 1.29 is 24.8 Å². The van der Waals surface area contributed by atoms with Crippen molar-refractivity contribution in [1.29, 1.82) is 0 Å². The van der Waals surface area contributed by atoms with Gasteiger partial charge in [-0.25, -0.2) is 0 Å². The zero-order valence-corrected chi connectivity index (χ0v) is 5.75. The number of aliphatic hydroxyl groups is 3. The van der Waals surface area contributed by atoms with E-state index in [1.165, 1.54) is 0 Å². The van der Waals surface area contributed by atoms with Crippen LogP contribution in [0.5, 0.6) is 0 Å². The summed E-state index contributed by atoms with van der Waals surface area (Å²) in [5.41, 5.74) is 0. The van der Waals surface area contributed by atoms with Gasteiger partial charge < -0.3 is 24.8 Å². The van der Waals surface area contributed by atoms with Crippen molar-refractivity contribution in [3.8, 4) is 0 Å². The fraction of sp³-hybridized carbons (Fsp3) is 1.00. The maximum atomic E-state index is 9.28. The highest BCUT2D eigenvalue weighted by atomic mass is 16.8. The fourth-order valence-electron chi connectivity index (χ4n) is 1.39. The molecule has 3 heterocycles. The maximum absolute atomic E-state index is 9.28. The summed E-state index contributed by atoms with van der Waals surface area (Å²) in [5.74, 6) is 0. The highest BCUT2D eigenvalue weighted by Gasteiger charge is 2.54. The predicted molar refractivity (Wildman–Crippen MR) is 32.6 cm³/mol. The first-order valence-electron chi connectivity index (χ1n) is 3.52. The molecule has 0 unspecified atom stereocenters. The quantitative estimate of drug-likeness (QED) is 0.408. The minimum Gasteiger partial charge on any atom is -0.394 e. The van der Waals surface area contributed by atoms with E-state index >= 15 is 0 Å². The molecule has 3 saturated heterocycles. The summed E-state index contributed by atoms with van der Waals surface area (Å²) < 4.78 is 9.85. The number of aliphatic hydroxyl groups excluding tert-OH is 3. The van der Waals surface area contributed by atoms with E-state index in [1.807, 2.05) is 0 Å². The van der Waals surface area contributed by atoms with Crippen LogP contribution in [0.25, 0.3) is 0 Å². The Morgan fingerprint density at radius 2 is 1.82 bits per heavy atom. The zero-order valence-electron chi connectivity index (χ0n) is 5.75. The third-order valence-corrected chi connectivity index (χ3v) is 2.11. The minimum absolute atomic E-state index is 0.246. The number of rotatable bonds is 1. The van der Waals surface area contributed by atoms with Crippen molar-refractivity contribution >= 4 is 0 Å². The molecule has 11 heavy (non-hydrogen) atoms. The average Bonchev–Trinajstić information content (AvgIpc) is 2.03. The number of hydrogen-bond acceptors (Lipinski definition) is 5. The molecule has 5 heteroatoms. The Bertz CT molecular complexity index is 159. The second-order valence-electron chi connectivity index (χ2n) is 2.81.